The van der Waals surface area contributed by atoms with E-state index in [4.69, 9.17) is 0 Å². The van der Waals surface area contributed by atoms with Gasteiger partial charge < -0.3 is 0 Å². The summed E-state index contributed by atoms with van der Waals surface area (Å²) in [6.45, 7) is 4.61. The first-order chi connectivity index (χ1) is 8.91. The van der Waals surface area contributed by atoms with Crippen molar-refractivity contribution in [1.29, 1.82) is 0 Å². The van der Waals surface area contributed by atoms with Crippen molar-refractivity contribution < 1.29 is 0 Å². The molecule has 0 aliphatic heterocycles. The van der Waals surface area contributed by atoms with E-state index >= 15 is 0 Å². The van der Waals surface area contributed by atoms with E-state index in [0.717, 1.165) is 0 Å². The molecule has 0 saturated carbocycles. The molecule has 0 heterocycles. The molecule has 0 amide bonds. The van der Waals surface area contributed by atoms with Crippen LogP contribution in [0.25, 0.3) is 0 Å². The van der Waals surface area contributed by atoms with Crippen molar-refractivity contribution in [3.8, 4) is 0 Å². The van der Waals surface area contributed by atoms with Gasteiger partial charge in [0.2, 0.25) is 0 Å². The van der Waals surface area contributed by atoms with Crippen LogP contribution in [0.4, 0.5) is 0 Å². The molecule has 0 nitrogen and oxygen atoms in total. The van der Waals surface area contributed by atoms with Crippen LogP contribution < -0.4 is 0 Å². The average Bonchev–Trinajstić information content (AvgIpc) is 2.39. The van der Waals surface area contributed by atoms with Crippen LogP contribution in [-0.2, 0) is 0 Å². The van der Waals surface area contributed by atoms with Gasteiger partial charge in [-0.2, -0.15) is 0 Å². The molecule has 0 aliphatic carbocycles. The van der Waals surface area contributed by atoms with Gasteiger partial charge in [-0.05, 0) is 0 Å². The molecule has 18 heavy (non-hydrogen) atoms. The van der Waals surface area contributed by atoms with Crippen molar-refractivity contribution >= 4 is 18.1 Å². The quantitative estimate of drug-likeness (QED) is 0.300. The maximum Gasteiger partial charge on any atom is 0.00797 e. The van der Waals surface area contributed by atoms with Gasteiger partial charge in [0.05, 0.1) is 0 Å². The minimum Gasteiger partial charge on any atom is -0.0654 e. The largest absolute Gasteiger partial charge is 0.0654 e. The number of unbranched alkanes of at least 4 members (excludes halogenated alkanes) is 10. The Kier molecular flexibility index (Phi) is 17.9. The normalized spacial score (nSPS) is 12.3. The fourth-order valence-corrected chi connectivity index (χ4v) is 8.99. The summed E-state index contributed by atoms with van der Waals surface area (Å²) in [6.07, 6.45) is 18.0. The van der Waals surface area contributed by atoms with Gasteiger partial charge in [-0.1, -0.05) is 103 Å². The van der Waals surface area contributed by atoms with E-state index in [2.05, 4.69) is 13.8 Å². The van der Waals surface area contributed by atoms with Crippen LogP contribution >= 0.6 is 0 Å². The standard InChI is InChI=1S/C16H38Si2/c1-3-5-7-9-11-13-15-17-18-16-14-12-10-8-6-4-2/h3-18H2,1-2H3. The van der Waals surface area contributed by atoms with E-state index in [1.807, 2.05) is 0 Å². The Morgan fingerprint density at radius 2 is 0.778 bits per heavy atom. The Morgan fingerprint density at radius 1 is 0.444 bits per heavy atom. The molecule has 2 heteroatoms. The first-order valence-corrected chi connectivity index (χ1v) is 14.9. The Hall–Kier alpha value is 0.434. The van der Waals surface area contributed by atoms with Crippen molar-refractivity contribution in [2.45, 2.75) is 103 Å². The SMILES string of the molecule is CCCCCCCC[SiH2][SiH2]CCCCCCCC. The Balaban J connectivity index is 2.86. The van der Waals surface area contributed by atoms with Crippen LogP contribution in [0.2, 0.25) is 12.1 Å². The summed E-state index contributed by atoms with van der Waals surface area (Å²) in [4.78, 5) is 0. The fraction of sp³-hybridized carbons (Fsp3) is 1.00. The molecule has 0 aromatic rings. The minimum absolute atomic E-state index is 0.467. The lowest BCUT2D eigenvalue weighted by atomic mass is 10.1. The first kappa shape index (κ1) is 18.4. The van der Waals surface area contributed by atoms with Crippen molar-refractivity contribution in [2.75, 3.05) is 0 Å². The van der Waals surface area contributed by atoms with Crippen molar-refractivity contribution in [2.24, 2.45) is 0 Å². The summed E-state index contributed by atoms with van der Waals surface area (Å²) in [5, 5.41) is 0. The molecule has 0 bridgehead atoms. The Labute approximate surface area is 121 Å². The summed E-state index contributed by atoms with van der Waals surface area (Å²) in [5.41, 5.74) is 0. The summed E-state index contributed by atoms with van der Waals surface area (Å²) in [5.74, 6) is 0. The van der Waals surface area contributed by atoms with E-state index in [1.165, 1.54) is 51.4 Å². The van der Waals surface area contributed by atoms with E-state index in [-0.39, 0.29) is 0 Å². The second kappa shape index (κ2) is 17.4. The molecule has 0 N–H and O–H groups in total. The van der Waals surface area contributed by atoms with Gasteiger partial charge in [0.1, 0.15) is 0 Å². The molecule has 0 aromatic carbocycles. The molecule has 0 radical (unpaired) electrons. The molecule has 0 atom stereocenters. The van der Waals surface area contributed by atoms with Crippen molar-refractivity contribution in [3.63, 3.8) is 0 Å². The zero-order valence-corrected chi connectivity index (χ0v) is 16.1. The number of rotatable bonds is 15. The van der Waals surface area contributed by atoms with Gasteiger partial charge >= 0.3 is 0 Å². The van der Waals surface area contributed by atoms with Crippen LogP contribution in [0.5, 0.6) is 0 Å². The van der Waals surface area contributed by atoms with E-state index in [1.54, 1.807) is 37.8 Å². The van der Waals surface area contributed by atoms with Crippen molar-refractivity contribution in [1.82, 2.24) is 0 Å². The summed E-state index contributed by atoms with van der Waals surface area (Å²) < 4.78 is 0. The highest BCUT2D eigenvalue weighted by atomic mass is 29.1. The van der Waals surface area contributed by atoms with Gasteiger partial charge in [-0.3, -0.25) is 0 Å². The molecule has 0 fully saturated rings. The highest BCUT2D eigenvalue weighted by molar-refractivity contribution is 7.00. The van der Waals surface area contributed by atoms with Crippen LogP contribution in [-0.4, -0.2) is 18.1 Å². The second-order valence-corrected chi connectivity index (χ2v) is 13.0. The predicted molar refractivity (Wildman–Crippen MR) is 93.5 cm³/mol. The molecule has 0 spiro atoms. The predicted octanol–water partition coefficient (Wildman–Crippen LogP) is 4.80. The summed E-state index contributed by atoms with van der Waals surface area (Å²) in [6, 6.07) is 3.38. The highest BCUT2D eigenvalue weighted by Gasteiger charge is 1.94. The molecule has 0 saturated heterocycles. The topological polar surface area (TPSA) is 0 Å². The Morgan fingerprint density at radius 3 is 1.17 bits per heavy atom. The monoisotopic (exact) mass is 286 g/mol. The third-order valence-electron chi connectivity index (χ3n) is 3.96. The van der Waals surface area contributed by atoms with Crippen LogP contribution in [0.15, 0.2) is 0 Å². The van der Waals surface area contributed by atoms with Crippen LogP contribution in [0, 0.1) is 0 Å². The van der Waals surface area contributed by atoms with Gasteiger partial charge in [0.15, 0.2) is 0 Å². The van der Waals surface area contributed by atoms with Crippen LogP contribution in [0.3, 0.4) is 0 Å². The second-order valence-electron chi connectivity index (χ2n) is 5.95. The van der Waals surface area contributed by atoms with Gasteiger partial charge in [0.25, 0.3) is 0 Å². The number of hydrogen-bond donors (Lipinski definition) is 0. The highest BCUT2D eigenvalue weighted by Crippen LogP contribution is 2.08. The lowest BCUT2D eigenvalue weighted by Gasteiger charge is -2.02. The summed E-state index contributed by atoms with van der Waals surface area (Å²) >= 11 is 0. The van der Waals surface area contributed by atoms with E-state index < -0.39 is 0 Å². The van der Waals surface area contributed by atoms with Gasteiger partial charge in [-0.15, -0.1) is 0 Å². The van der Waals surface area contributed by atoms with Crippen LogP contribution in [0.1, 0.15) is 90.9 Å². The smallest absolute Gasteiger partial charge is 0.00797 e. The fourth-order valence-electron chi connectivity index (χ4n) is 2.62. The summed E-state index contributed by atoms with van der Waals surface area (Å²) in [7, 11) is 0.934. The zero-order chi connectivity index (χ0) is 13.3. The average molecular weight is 287 g/mol. The lowest BCUT2D eigenvalue weighted by molar-refractivity contribution is 0.623. The zero-order valence-electron chi connectivity index (χ0n) is 13.3. The molecular weight excluding hydrogens is 248 g/mol. The number of hydrogen-bond acceptors (Lipinski definition) is 0. The molecule has 0 aromatic heterocycles. The van der Waals surface area contributed by atoms with Gasteiger partial charge in [-0.25, -0.2) is 0 Å². The maximum absolute atomic E-state index is 2.31. The third kappa shape index (κ3) is 16.4. The molecule has 0 unspecified atom stereocenters. The maximum atomic E-state index is 2.31. The molecule has 110 valence electrons. The van der Waals surface area contributed by atoms with Gasteiger partial charge in [0, 0.05) is 18.1 Å². The Bertz CT molecular complexity index is 121. The minimum atomic E-state index is 0.467. The molecular formula is C16H38Si2. The lowest BCUT2D eigenvalue weighted by Crippen LogP contribution is -2.02. The third-order valence-corrected chi connectivity index (χ3v) is 11.0. The molecule has 0 aliphatic rings. The first-order valence-electron chi connectivity index (χ1n) is 8.91. The van der Waals surface area contributed by atoms with Crippen molar-refractivity contribution in [3.05, 3.63) is 0 Å². The van der Waals surface area contributed by atoms with E-state index in [9.17, 15) is 0 Å². The van der Waals surface area contributed by atoms with E-state index in [0.29, 0.717) is 18.1 Å². The molecule has 0 rings (SSSR count).